The molecule has 0 saturated carbocycles. The Balaban J connectivity index is 2.13. The molecule has 0 aliphatic rings. The fraction of sp³-hybridized carbons (Fsp3) is 0.357. The summed E-state index contributed by atoms with van der Waals surface area (Å²) < 4.78 is 0. The Morgan fingerprint density at radius 1 is 1.29 bits per heavy atom. The van der Waals surface area contributed by atoms with E-state index in [1.165, 1.54) is 10.9 Å². The first-order valence-electron chi connectivity index (χ1n) is 5.86. The zero-order chi connectivity index (χ0) is 12.1. The SMILES string of the molecule is CC(CCO)SCc1ccnc2ccccc12. The van der Waals surface area contributed by atoms with Gasteiger partial charge in [-0.25, -0.2) is 0 Å². The van der Waals surface area contributed by atoms with Gasteiger partial charge >= 0.3 is 0 Å². The Morgan fingerprint density at radius 2 is 2.12 bits per heavy atom. The number of aliphatic hydroxyl groups is 1. The molecule has 0 saturated heterocycles. The minimum Gasteiger partial charge on any atom is -0.396 e. The van der Waals surface area contributed by atoms with E-state index in [1.807, 2.05) is 30.1 Å². The second-order valence-corrected chi connectivity index (χ2v) is 5.55. The van der Waals surface area contributed by atoms with Crippen LogP contribution in [0, 0.1) is 0 Å². The number of benzene rings is 1. The predicted molar refractivity (Wildman–Crippen MR) is 74.2 cm³/mol. The van der Waals surface area contributed by atoms with E-state index in [0.29, 0.717) is 5.25 Å². The van der Waals surface area contributed by atoms with Crippen molar-refractivity contribution < 1.29 is 5.11 Å². The molecule has 3 heteroatoms. The molecule has 0 amide bonds. The molecule has 0 spiro atoms. The van der Waals surface area contributed by atoms with E-state index < -0.39 is 0 Å². The molecular weight excluding hydrogens is 230 g/mol. The molecule has 1 unspecified atom stereocenters. The van der Waals surface area contributed by atoms with Gasteiger partial charge in [0.15, 0.2) is 0 Å². The summed E-state index contributed by atoms with van der Waals surface area (Å²) in [6.07, 6.45) is 2.72. The summed E-state index contributed by atoms with van der Waals surface area (Å²) in [4.78, 5) is 4.36. The van der Waals surface area contributed by atoms with Crippen LogP contribution in [0.25, 0.3) is 10.9 Å². The Hall–Kier alpha value is -1.06. The number of pyridine rings is 1. The molecule has 0 bridgehead atoms. The van der Waals surface area contributed by atoms with Gasteiger partial charge in [-0.2, -0.15) is 11.8 Å². The maximum Gasteiger partial charge on any atom is 0.0705 e. The zero-order valence-electron chi connectivity index (χ0n) is 9.97. The largest absolute Gasteiger partial charge is 0.396 e. The van der Waals surface area contributed by atoms with Crippen LogP contribution >= 0.6 is 11.8 Å². The molecule has 1 heterocycles. The lowest BCUT2D eigenvalue weighted by Gasteiger charge is -2.10. The van der Waals surface area contributed by atoms with Crippen molar-refractivity contribution >= 4 is 22.7 Å². The van der Waals surface area contributed by atoms with Crippen LogP contribution in [0.5, 0.6) is 0 Å². The van der Waals surface area contributed by atoms with Gasteiger partial charge in [-0.15, -0.1) is 0 Å². The average Bonchev–Trinajstić information content (AvgIpc) is 2.36. The number of fused-ring (bicyclic) bond motifs is 1. The fourth-order valence-electron chi connectivity index (χ4n) is 1.78. The molecule has 1 aromatic heterocycles. The van der Waals surface area contributed by atoms with Gasteiger partial charge < -0.3 is 5.11 Å². The molecule has 0 aliphatic heterocycles. The van der Waals surface area contributed by atoms with Crippen LogP contribution in [-0.4, -0.2) is 21.9 Å². The number of para-hydroxylation sites is 1. The third-order valence-electron chi connectivity index (χ3n) is 2.80. The molecule has 90 valence electrons. The highest BCUT2D eigenvalue weighted by Gasteiger charge is 2.05. The fourth-order valence-corrected chi connectivity index (χ4v) is 2.77. The predicted octanol–water partition coefficient (Wildman–Crippen LogP) is 3.24. The van der Waals surface area contributed by atoms with E-state index in [4.69, 9.17) is 5.11 Å². The molecule has 1 aromatic carbocycles. The van der Waals surface area contributed by atoms with Gasteiger partial charge in [-0.1, -0.05) is 25.1 Å². The van der Waals surface area contributed by atoms with Crippen molar-refractivity contribution in [2.24, 2.45) is 0 Å². The topological polar surface area (TPSA) is 33.1 Å². The number of aliphatic hydroxyl groups excluding tert-OH is 1. The summed E-state index contributed by atoms with van der Waals surface area (Å²) in [5.74, 6) is 0.976. The third kappa shape index (κ3) is 3.20. The Labute approximate surface area is 106 Å². The molecular formula is C14H17NOS. The Morgan fingerprint density at radius 3 is 2.94 bits per heavy atom. The first-order chi connectivity index (χ1) is 8.31. The van der Waals surface area contributed by atoms with Crippen LogP contribution in [0.4, 0.5) is 0 Å². The summed E-state index contributed by atoms with van der Waals surface area (Å²) >= 11 is 1.88. The molecule has 1 atom stereocenters. The number of thioether (sulfide) groups is 1. The quantitative estimate of drug-likeness (QED) is 0.880. The minimum atomic E-state index is 0.269. The van der Waals surface area contributed by atoms with Crippen molar-refractivity contribution in [1.29, 1.82) is 0 Å². The van der Waals surface area contributed by atoms with Gasteiger partial charge in [0.2, 0.25) is 0 Å². The lowest BCUT2D eigenvalue weighted by atomic mass is 10.1. The van der Waals surface area contributed by atoms with Gasteiger partial charge in [-0.05, 0) is 24.1 Å². The van der Waals surface area contributed by atoms with E-state index in [-0.39, 0.29) is 6.61 Å². The molecule has 2 rings (SSSR count). The number of nitrogens with zero attached hydrogens (tertiary/aromatic N) is 1. The van der Waals surface area contributed by atoms with Crippen molar-refractivity contribution in [1.82, 2.24) is 4.98 Å². The second kappa shape index (κ2) is 6.03. The number of rotatable bonds is 5. The summed E-state index contributed by atoms with van der Waals surface area (Å²) in [6.45, 7) is 2.43. The van der Waals surface area contributed by atoms with Gasteiger partial charge in [0.25, 0.3) is 0 Å². The zero-order valence-corrected chi connectivity index (χ0v) is 10.8. The van der Waals surface area contributed by atoms with Gasteiger partial charge in [0, 0.05) is 29.2 Å². The molecule has 2 aromatic rings. The van der Waals surface area contributed by atoms with Crippen LogP contribution in [-0.2, 0) is 5.75 Å². The molecule has 1 N–H and O–H groups in total. The summed E-state index contributed by atoms with van der Waals surface area (Å²) in [7, 11) is 0. The van der Waals surface area contributed by atoms with E-state index in [0.717, 1.165) is 17.7 Å². The van der Waals surface area contributed by atoms with Crippen molar-refractivity contribution in [3.8, 4) is 0 Å². The van der Waals surface area contributed by atoms with E-state index in [2.05, 4.69) is 30.1 Å². The van der Waals surface area contributed by atoms with Crippen LogP contribution in [0.2, 0.25) is 0 Å². The van der Waals surface area contributed by atoms with Crippen molar-refractivity contribution in [3.05, 3.63) is 42.1 Å². The van der Waals surface area contributed by atoms with Crippen molar-refractivity contribution in [3.63, 3.8) is 0 Å². The van der Waals surface area contributed by atoms with Crippen molar-refractivity contribution in [2.75, 3.05) is 6.61 Å². The molecule has 17 heavy (non-hydrogen) atoms. The highest BCUT2D eigenvalue weighted by molar-refractivity contribution is 7.99. The summed E-state index contributed by atoms with van der Waals surface area (Å²) in [5, 5.41) is 10.6. The normalized spacial score (nSPS) is 12.8. The average molecular weight is 247 g/mol. The van der Waals surface area contributed by atoms with Gasteiger partial charge in [-0.3, -0.25) is 4.98 Å². The first kappa shape index (κ1) is 12.4. The molecule has 0 radical (unpaired) electrons. The molecule has 0 aliphatic carbocycles. The van der Waals surface area contributed by atoms with Crippen LogP contribution in [0.15, 0.2) is 36.5 Å². The molecule has 2 nitrogen and oxygen atoms in total. The maximum atomic E-state index is 8.88. The Kier molecular flexibility index (Phi) is 4.40. The highest BCUT2D eigenvalue weighted by atomic mass is 32.2. The van der Waals surface area contributed by atoms with E-state index in [1.54, 1.807) is 0 Å². The van der Waals surface area contributed by atoms with Crippen molar-refractivity contribution in [2.45, 2.75) is 24.3 Å². The second-order valence-electron chi connectivity index (χ2n) is 4.12. The standard InChI is InChI=1S/C14H17NOS/c1-11(7-9-16)17-10-12-6-8-15-14-5-3-2-4-13(12)14/h2-6,8,11,16H,7,9-10H2,1H3. The van der Waals surface area contributed by atoms with Gasteiger partial charge in [0.05, 0.1) is 5.52 Å². The highest BCUT2D eigenvalue weighted by Crippen LogP contribution is 2.24. The van der Waals surface area contributed by atoms with Crippen LogP contribution in [0.3, 0.4) is 0 Å². The lowest BCUT2D eigenvalue weighted by molar-refractivity contribution is 0.289. The smallest absolute Gasteiger partial charge is 0.0705 e. The van der Waals surface area contributed by atoms with Gasteiger partial charge in [0.1, 0.15) is 0 Å². The minimum absolute atomic E-state index is 0.269. The molecule has 0 fully saturated rings. The third-order valence-corrected chi connectivity index (χ3v) is 4.08. The Bertz CT molecular complexity index is 481. The first-order valence-corrected chi connectivity index (χ1v) is 6.91. The summed E-state index contributed by atoms with van der Waals surface area (Å²) in [5.41, 5.74) is 2.38. The number of hydrogen-bond acceptors (Lipinski definition) is 3. The summed E-state index contributed by atoms with van der Waals surface area (Å²) in [6, 6.07) is 10.3. The van der Waals surface area contributed by atoms with E-state index in [9.17, 15) is 0 Å². The number of aromatic nitrogens is 1. The van der Waals surface area contributed by atoms with Crippen LogP contribution in [0.1, 0.15) is 18.9 Å². The van der Waals surface area contributed by atoms with Crippen LogP contribution < -0.4 is 0 Å². The monoisotopic (exact) mass is 247 g/mol. The number of hydrogen-bond donors (Lipinski definition) is 1. The maximum absolute atomic E-state index is 8.88. The lowest BCUT2D eigenvalue weighted by Crippen LogP contribution is -2.00. The van der Waals surface area contributed by atoms with E-state index >= 15 is 0 Å².